The van der Waals surface area contributed by atoms with Gasteiger partial charge in [0.2, 0.25) is 5.92 Å². The first kappa shape index (κ1) is 12.2. The first-order valence-electron chi connectivity index (χ1n) is 5.71. The molecule has 2 fully saturated rings. The number of hydrogen-bond donors (Lipinski definition) is 1. The fourth-order valence-corrected chi connectivity index (χ4v) is 2.37. The molecule has 0 aromatic carbocycles. The molecule has 1 aliphatic carbocycles. The average Bonchev–Trinajstić information content (AvgIpc) is 2.53. The number of nitrogens with two attached hydrogens (primary N) is 1. The molecule has 3 nitrogen and oxygen atoms in total. The van der Waals surface area contributed by atoms with E-state index in [0.29, 0.717) is 19.4 Å². The summed E-state index contributed by atoms with van der Waals surface area (Å²) in [5.41, 5.74) is 5.51. The summed E-state index contributed by atoms with van der Waals surface area (Å²) in [7, 11) is 0. The number of hydrogen-bond acceptors (Lipinski definition) is 3. The van der Waals surface area contributed by atoms with Crippen molar-refractivity contribution in [3.8, 4) is 0 Å². The maximum absolute atomic E-state index is 13.1. The second-order valence-corrected chi connectivity index (χ2v) is 5.41. The number of rotatable bonds is 1. The summed E-state index contributed by atoms with van der Waals surface area (Å²) >= 11 is 0. The Bertz CT molecular complexity index is 271. The Morgan fingerprint density at radius 3 is 2.12 bits per heavy atom. The summed E-state index contributed by atoms with van der Waals surface area (Å²) in [4.78, 5) is 0. The van der Waals surface area contributed by atoms with E-state index in [2.05, 4.69) is 0 Å². The van der Waals surface area contributed by atoms with Crippen molar-refractivity contribution < 1.29 is 18.3 Å². The fourth-order valence-electron chi connectivity index (χ4n) is 2.37. The van der Waals surface area contributed by atoms with Crippen molar-refractivity contribution in [2.24, 2.45) is 5.73 Å². The molecule has 2 rings (SSSR count). The Balaban J connectivity index is 2.00. The standard InChI is InChI=1S/C11H19F2NO2/c1-9(2)15-7-8(16-9)10(14)3-5-11(12,13)6-4-10/h8H,3-7,14H2,1-2H3. The van der Waals surface area contributed by atoms with Crippen LogP contribution in [0.2, 0.25) is 0 Å². The molecule has 1 aliphatic heterocycles. The molecule has 1 saturated heterocycles. The van der Waals surface area contributed by atoms with Crippen LogP contribution in [-0.2, 0) is 9.47 Å². The molecule has 0 spiro atoms. The first-order valence-corrected chi connectivity index (χ1v) is 5.71. The van der Waals surface area contributed by atoms with Gasteiger partial charge in [-0.3, -0.25) is 0 Å². The van der Waals surface area contributed by atoms with Crippen molar-refractivity contribution in [3.05, 3.63) is 0 Å². The van der Waals surface area contributed by atoms with Crippen LogP contribution >= 0.6 is 0 Å². The lowest BCUT2D eigenvalue weighted by Crippen LogP contribution is -2.56. The molecule has 1 atom stereocenters. The lowest BCUT2D eigenvalue weighted by Gasteiger charge is -2.40. The molecule has 1 unspecified atom stereocenters. The average molecular weight is 235 g/mol. The molecule has 0 radical (unpaired) electrons. The summed E-state index contributed by atoms with van der Waals surface area (Å²) in [6, 6.07) is 0. The van der Waals surface area contributed by atoms with Gasteiger partial charge in [-0.15, -0.1) is 0 Å². The Labute approximate surface area is 94.3 Å². The molecule has 1 heterocycles. The fraction of sp³-hybridized carbons (Fsp3) is 1.00. The van der Waals surface area contributed by atoms with Crippen molar-refractivity contribution in [3.63, 3.8) is 0 Å². The third-order valence-corrected chi connectivity index (χ3v) is 3.56. The minimum absolute atomic E-state index is 0.149. The number of ether oxygens (including phenoxy) is 2. The van der Waals surface area contributed by atoms with E-state index in [1.54, 1.807) is 0 Å². The summed E-state index contributed by atoms with van der Waals surface area (Å²) < 4.78 is 37.2. The zero-order valence-corrected chi connectivity index (χ0v) is 9.76. The highest BCUT2D eigenvalue weighted by Gasteiger charge is 2.49. The Morgan fingerprint density at radius 2 is 1.69 bits per heavy atom. The predicted molar refractivity (Wildman–Crippen MR) is 55.2 cm³/mol. The van der Waals surface area contributed by atoms with E-state index >= 15 is 0 Å². The zero-order chi connectivity index (χ0) is 12.0. The second kappa shape index (κ2) is 3.62. The molecule has 0 aromatic heterocycles. The van der Waals surface area contributed by atoms with Gasteiger partial charge in [0, 0.05) is 18.4 Å². The maximum Gasteiger partial charge on any atom is 0.248 e. The molecule has 0 aromatic rings. The van der Waals surface area contributed by atoms with Crippen molar-refractivity contribution >= 4 is 0 Å². The van der Waals surface area contributed by atoms with Crippen LogP contribution in [0.25, 0.3) is 0 Å². The van der Waals surface area contributed by atoms with Crippen molar-refractivity contribution in [1.82, 2.24) is 0 Å². The van der Waals surface area contributed by atoms with E-state index in [1.807, 2.05) is 13.8 Å². The summed E-state index contributed by atoms with van der Waals surface area (Å²) in [5.74, 6) is -3.20. The van der Waals surface area contributed by atoms with E-state index in [-0.39, 0.29) is 18.9 Å². The van der Waals surface area contributed by atoms with E-state index in [0.717, 1.165) is 0 Å². The zero-order valence-electron chi connectivity index (χ0n) is 9.76. The monoisotopic (exact) mass is 235 g/mol. The van der Waals surface area contributed by atoms with Gasteiger partial charge in [0.25, 0.3) is 0 Å². The van der Waals surface area contributed by atoms with Crippen molar-refractivity contribution in [2.75, 3.05) is 6.61 Å². The molecule has 94 valence electrons. The molecule has 16 heavy (non-hydrogen) atoms. The Kier molecular flexibility index (Phi) is 2.76. The van der Waals surface area contributed by atoms with E-state index in [9.17, 15) is 8.78 Å². The van der Waals surface area contributed by atoms with Gasteiger partial charge in [0.05, 0.1) is 6.61 Å². The van der Waals surface area contributed by atoms with Crippen LogP contribution in [0.4, 0.5) is 8.78 Å². The van der Waals surface area contributed by atoms with Gasteiger partial charge in [-0.25, -0.2) is 8.78 Å². The van der Waals surface area contributed by atoms with Crippen LogP contribution in [0.3, 0.4) is 0 Å². The van der Waals surface area contributed by atoms with E-state index in [1.165, 1.54) is 0 Å². The van der Waals surface area contributed by atoms with Crippen LogP contribution in [0, 0.1) is 0 Å². The SMILES string of the molecule is CC1(C)OCC(C2(N)CCC(F)(F)CC2)O1. The highest BCUT2D eigenvalue weighted by molar-refractivity contribution is 5.00. The lowest BCUT2D eigenvalue weighted by atomic mass is 9.77. The van der Waals surface area contributed by atoms with Crippen LogP contribution < -0.4 is 5.73 Å². The van der Waals surface area contributed by atoms with Gasteiger partial charge in [0.1, 0.15) is 6.10 Å². The molecular weight excluding hydrogens is 216 g/mol. The molecule has 2 N–H and O–H groups in total. The molecule has 0 bridgehead atoms. The van der Waals surface area contributed by atoms with Crippen LogP contribution in [-0.4, -0.2) is 30.0 Å². The topological polar surface area (TPSA) is 44.5 Å². The normalized spacial score (nSPS) is 36.2. The molecule has 5 heteroatoms. The summed E-state index contributed by atoms with van der Waals surface area (Å²) in [6.45, 7) is 4.02. The van der Waals surface area contributed by atoms with Gasteiger partial charge in [-0.2, -0.15) is 0 Å². The van der Waals surface area contributed by atoms with Crippen LogP contribution in [0.15, 0.2) is 0 Å². The summed E-state index contributed by atoms with van der Waals surface area (Å²) in [5, 5.41) is 0. The largest absolute Gasteiger partial charge is 0.348 e. The maximum atomic E-state index is 13.1. The van der Waals surface area contributed by atoms with E-state index in [4.69, 9.17) is 15.2 Å². The van der Waals surface area contributed by atoms with Gasteiger partial charge in [-0.1, -0.05) is 0 Å². The Morgan fingerprint density at radius 1 is 1.12 bits per heavy atom. The Hall–Kier alpha value is -0.260. The highest BCUT2D eigenvalue weighted by Crippen LogP contribution is 2.41. The summed E-state index contributed by atoms with van der Waals surface area (Å²) in [6.07, 6.45) is 0.0283. The highest BCUT2D eigenvalue weighted by atomic mass is 19.3. The van der Waals surface area contributed by atoms with Crippen LogP contribution in [0.5, 0.6) is 0 Å². The van der Waals surface area contributed by atoms with E-state index < -0.39 is 17.2 Å². The third kappa shape index (κ3) is 2.36. The van der Waals surface area contributed by atoms with Gasteiger partial charge in [0.15, 0.2) is 5.79 Å². The van der Waals surface area contributed by atoms with Crippen molar-refractivity contribution in [1.29, 1.82) is 0 Å². The number of halogens is 2. The second-order valence-electron chi connectivity index (χ2n) is 5.41. The van der Waals surface area contributed by atoms with Gasteiger partial charge >= 0.3 is 0 Å². The molecule has 2 aliphatic rings. The lowest BCUT2D eigenvalue weighted by molar-refractivity contribution is -0.153. The molecular formula is C11H19F2NO2. The smallest absolute Gasteiger partial charge is 0.248 e. The minimum atomic E-state index is -2.56. The van der Waals surface area contributed by atoms with Gasteiger partial charge in [-0.05, 0) is 26.7 Å². The van der Waals surface area contributed by atoms with Gasteiger partial charge < -0.3 is 15.2 Å². The third-order valence-electron chi connectivity index (χ3n) is 3.56. The first-order chi connectivity index (χ1) is 7.23. The van der Waals surface area contributed by atoms with Crippen LogP contribution in [0.1, 0.15) is 39.5 Å². The quantitative estimate of drug-likeness (QED) is 0.756. The molecule has 1 saturated carbocycles. The minimum Gasteiger partial charge on any atom is -0.348 e. The molecule has 0 amide bonds. The van der Waals surface area contributed by atoms with Crippen molar-refractivity contribution in [2.45, 2.75) is 62.9 Å². The predicted octanol–water partition coefficient (Wildman–Crippen LogP) is 2.04. The number of alkyl halides is 2.